The van der Waals surface area contributed by atoms with Crippen LogP contribution >= 0.6 is 11.3 Å². The summed E-state index contributed by atoms with van der Waals surface area (Å²) in [7, 11) is 3.62. The highest BCUT2D eigenvalue weighted by atomic mass is 32.1. The van der Waals surface area contributed by atoms with Crippen LogP contribution in [0.5, 0.6) is 0 Å². The first-order valence-electron chi connectivity index (χ1n) is 12.5. The molecule has 1 aliphatic rings. The normalized spacial score (nSPS) is 19.0. The number of ether oxygens (including phenoxy) is 1. The fraction of sp³-hybridized carbons (Fsp3) is 0.720. The molecule has 1 aromatic heterocycles. The first-order chi connectivity index (χ1) is 16.8. The molecule has 1 aliphatic heterocycles. The third-order valence-corrected chi connectivity index (χ3v) is 7.64. The van der Waals surface area contributed by atoms with Gasteiger partial charge in [0.2, 0.25) is 11.8 Å². The third kappa shape index (κ3) is 7.73. The standard InChI is InChI=1S/C25H40N4O6S/c1-14(2)19(12-20(35-16(5)30)23-26-17(13-36-23)25(33)34)29(7)24(32)21(15(3)4)27-22(31)18-10-8-9-11-28(18)6/h13-15,18-21H,8-12H2,1-7H3,(H,27,31)(H,33,34)/t18-,19?,20-,21+/m1/s1. The highest BCUT2D eigenvalue weighted by molar-refractivity contribution is 7.09. The largest absolute Gasteiger partial charge is 0.476 e. The van der Waals surface area contributed by atoms with Gasteiger partial charge in [-0.05, 0) is 38.3 Å². The predicted octanol–water partition coefficient (Wildman–Crippen LogP) is 2.94. The minimum absolute atomic E-state index is 0.0103. The Kier molecular flexibility index (Phi) is 10.8. The summed E-state index contributed by atoms with van der Waals surface area (Å²) in [5.74, 6) is -2.18. The van der Waals surface area contributed by atoms with E-state index >= 15 is 0 Å². The molecular formula is C25H40N4O6S. The number of carboxylic acid groups (broad SMARTS) is 1. The number of rotatable bonds is 11. The summed E-state index contributed by atoms with van der Waals surface area (Å²) in [4.78, 5) is 57.6. The summed E-state index contributed by atoms with van der Waals surface area (Å²) in [6.07, 6.45) is 2.25. The number of thiazole rings is 1. The molecule has 1 aromatic rings. The summed E-state index contributed by atoms with van der Waals surface area (Å²) in [5, 5.41) is 14.0. The van der Waals surface area contributed by atoms with Crippen LogP contribution in [0.3, 0.4) is 0 Å². The van der Waals surface area contributed by atoms with Crippen LogP contribution < -0.4 is 5.32 Å². The second-order valence-electron chi connectivity index (χ2n) is 10.2. The van der Waals surface area contributed by atoms with Crippen molar-refractivity contribution >= 4 is 35.1 Å². The lowest BCUT2D eigenvalue weighted by molar-refractivity contribution is -0.149. The molecule has 10 nitrogen and oxygen atoms in total. The Morgan fingerprint density at radius 2 is 1.89 bits per heavy atom. The van der Waals surface area contributed by atoms with Gasteiger partial charge in [-0.3, -0.25) is 19.3 Å². The van der Waals surface area contributed by atoms with Crippen molar-refractivity contribution in [2.75, 3.05) is 20.6 Å². The summed E-state index contributed by atoms with van der Waals surface area (Å²) >= 11 is 1.10. The Morgan fingerprint density at radius 1 is 1.22 bits per heavy atom. The molecule has 202 valence electrons. The lowest BCUT2D eigenvalue weighted by Gasteiger charge is -2.37. The van der Waals surface area contributed by atoms with Gasteiger partial charge in [0.25, 0.3) is 0 Å². The van der Waals surface area contributed by atoms with Gasteiger partial charge in [0.1, 0.15) is 11.0 Å². The number of carbonyl (C=O) groups excluding carboxylic acids is 3. The minimum atomic E-state index is -1.16. The van der Waals surface area contributed by atoms with E-state index in [-0.39, 0.29) is 47.8 Å². The second-order valence-corrected chi connectivity index (χ2v) is 11.1. The molecule has 2 heterocycles. The quantitative estimate of drug-likeness (QED) is 0.423. The molecule has 11 heteroatoms. The van der Waals surface area contributed by atoms with Crippen molar-refractivity contribution in [1.82, 2.24) is 20.1 Å². The molecule has 0 spiro atoms. The van der Waals surface area contributed by atoms with Gasteiger partial charge in [0, 0.05) is 31.8 Å². The Labute approximate surface area is 217 Å². The van der Waals surface area contributed by atoms with Crippen LogP contribution in [0.4, 0.5) is 0 Å². The van der Waals surface area contributed by atoms with E-state index in [0.717, 1.165) is 37.1 Å². The van der Waals surface area contributed by atoms with Crippen molar-refractivity contribution in [3.63, 3.8) is 0 Å². The van der Waals surface area contributed by atoms with Crippen LogP contribution in [-0.2, 0) is 19.1 Å². The van der Waals surface area contributed by atoms with Crippen LogP contribution in [0.1, 0.15) is 81.9 Å². The number of carbonyl (C=O) groups is 4. The van der Waals surface area contributed by atoms with Crippen molar-refractivity contribution in [2.24, 2.45) is 11.8 Å². The number of esters is 1. The number of piperidine rings is 1. The van der Waals surface area contributed by atoms with E-state index in [2.05, 4.69) is 10.3 Å². The lowest BCUT2D eigenvalue weighted by atomic mass is 9.94. The maximum atomic E-state index is 13.7. The fourth-order valence-electron chi connectivity index (χ4n) is 4.58. The molecule has 2 N–H and O–H groups in total. The smallest absolute Gasteiger partial charge is 0.355 e. The molecule has 0 saturated carbocycles. The SMILES string of the molecule is CC(=O)O[C@H](CC(C(C)C)N(C)C(=O)[C@@H](NC(=O)[C@H]1CCCCN1C)C(C)C)c1nc(C(=O)O)cs1. The molecule has 1 fully saturated rings. The summed E-state index contributed by atoms with van der Waals surface area (Å²) in [5.41, 5.74) is -0.118. The number of hydrogen-bond donors (Lipinski definition) is 2. The number of likely N-dealkylation sites (tertiary alicyclic amines) is 1. The van der Waals surface area contributed by atoms with Crippen LogP contribution in [0, 0.1) is 11.8 Å². The van der Waals surface area contributed by atoms with Crippen molar-refractivity contribution in [3.8, 4) is 0 Å². The Bertz CT molecular complexity index is 933. The average molecular weight is 525 g/mol. The van der Waals surface area contributed by atoms with Crippen molar-refractivity contribution in [1.29, 1.82) is 0 Å². The topological polar surface area (TPSA) is 129 Å². The maximum Gasteiger partial charge on any atom is 0.355 e. The predicted molar refractivity (Wildman–Crippen MR) is 137 cm³/mol. The van der Waals surface area contributed by atoms with E-state index in [0.29, 0.717) is 5.01 Å². The number of aromatic carboxylic acids is 1. The molecule has 36 heavy (non-hydrogen) atoms. The zero-order chi connectivity index (χ0) is 27.2. The maximum absolute atomic E-state index is 13.7. The van der Waals surface area contributed by atoms with Crippen molar-refractivity contribution < 1.29 is 29.0 Å². The zero-order valence-electron chi connectivity index (χ0n) is 22.3. The van der Waals surface area contributed by atoms with E-state index in [4.69, 9.17) is 4.74 Å². The molecule has 0 radical (unpaired) electrons. The van der Waals surface area contributed by atoms with Crippen LogP contribution in [0.15, 0.2) is 5.38 Å². The molecule has 1 saturated heterocycles. The van der Waals surface area contributed by atoms with Gasteiger partial charge in [0.05, 0.1) is 6.04 Å². The van der Waals surface area contributed by atoms with Gasteiger partial charge in [-0.1, -0.05) is 34.1 Å². The van der Waals surface area contributed by atoms with Gasteiger partial charge in [-0.25, -0.2) is 9.78 Å². The number of hydrogen-bond acceptors (Lipinski definition) is 8. The number of likely N-dealkylation sites (N-methyl/N-ethyl adjacent to an activating group) is 2. The first-order valence-corrected chi connectivity index (χ1v) is 13.3. The monoisotopic (exact) mass is 524 g/mol. The number of aromatic nitrogens is 1. The fourth-order valence-corrected chi connectivity index (χ4v) is 5.42. The molecule has 0 aromatic carbocycles. The van der Waals surface area contributed by atoms with Gasteiger partial charge in [-0.2, -0.15) is 0 Å². The second kappa shape index (κ2) is 13.1. The van der Waals surface area contributed by atoms with E-state index in [1.54, 1.807) is 11.9 Å². The van der Waals surface area contributed by atoms with Crippen LogP contribution in [0.25, 0.3) is 0 Å². The lowest BCUT2D eigenvalue weighted by Crippen LogP contribution is -2.57. The van der Waals surface area contributed by atoms with Crippen LogP contribution in [0.2, 0.25) is 0 Å². The van der Waals surface area contributed by atoms with Gasteiger partial charge < -0.3 is 20.1 Å². The highest BCUT2D eigenvalue weighted by Crippen LogP contribution is 2.30. The summed E-state index contributed by atoms with van der Waals surface area (Å²) in [6, 6.07) is -1.31. The van der Waals surface area contributed by atoms with Crippen molar-refractivity contribution in [3.05, 3.63) is 16.1 Å². The molecular weight excluding hydrogens is 484 g/mol. The Balaban J connectivity index is 2.23. The number of nitrogens with zero attached hydrogens (tertiary/aromatic N) is 3. The van der Waals surface area contributed by atoms with Gasteiger partial charge >= 0.3 is 11.9 Å². The van der Waals surface area contributed by atoms with E-state index < -0.39 is 24.1 Å². The number of carboxylic acids is 1. The molecule has 0 bridgehead atoms. The minimum Gasteiger partial charge on any atom is -0.476 e. The van der Waals surface area contributed by atoms with E-state index in [1.807, 2.05) is 39.6 Å². The van der Waals surface area contributed by atoms with Crippen molar-refractivity contribution in [2.45, 2.75) is 84.5 Å². The molecule has 1 unspecified atom stereocenters. The molecule has 2 rings (SSSR count). The number of amides is 2. The van der Waals surface area contributed by atoms with E-state index in [1.165, 1.54) is 12.3 Å². The third-order valence-electron chi connectivity index (χ3n) is 6.70. The average Bonchev–Trinajstić information content (AvgIpc) is 3.29. The highest BCUT2D eigenvalue weighted by Gasteiger charge is 2.36. The van der Waals surface area contributed by atoms with Gasteiger partial charge in [0.15, 0.2) is 11.8 Å². The Morgan fingerprint density at radius 3 is 2.39 bits per heavy atom. The molecule has 2 amide bonds. The summed E-state index contributed by atoms with van der Waals surface area (Å²) in [6.45, 7) is 9.86. The summed E-state index contributed by atoms with van der Waals surface area (Å²) < 4.78 is 5.51. The van der Waals surface area contributed by atoms with E-state index in [9.17, 15) is 24.3 Å². The molecule has 0 aliphatic carbocycles. The van der Waals surface area contributed by atoms with Gasteiger partial charge in [-0.15, -0.1) is 11.3 Å². The van der Waals surface area contributed by atoms with Crippen LogP contribution in [-0.4, -0.2) is 82.4 Å². The Hall–Kier alpha value is -2.53. The molecule has 4 atom stereocenters. The first kappa shape index (κ1) is 29.7. The zero-order valence-corrected chi connectivity index (χ0v) is 23.1. The number of nitrogens with one attached hydrogen (secondary N) is 1.